The molecule has 6 nitrogen and oxygen atoms in total. The van der Waals surface area contributed by atoms with Crippen molar-refractivity contribution in [3.63, 3.8) is 0 Å². The topological polar surface area (TPSA) is 82.8 Å². The minimum atomic E-state index is -1.52. The van der Waals surface area contributed by atoms with Crippen LogP contribution in [-0.4, -0.2) is 34.9 Å². The number of methoxy groups -OCH3 is 1. The fourth-order valence-electron chi connectivity index (χ4n) is 4.05. The Morgan fingerprint density at radius 1 is 1.23 bits per heavy atom. The van der Waals surface area contributed by atoms with Crippen LogP contribution in [0.2, 0.25) is 0 Å². The number of ether oxygens (including phenoxy) is 2. The number of amides is 1. The molecule has 2 aliphatic rings. The van der Waals surface area contributed by atoms with Crippen LogP contribution in [0.4, 0.5) is 0 Å². The van der Waals surface area contributed by atoms with E-state index in [4.69, 9.17) is 9.47 Å². The number of hydrogen-bond acceptors (Lipinski definition) is 6. The van der Waals surface area contributed by atoms with Gasteiger partial charge in [-0.3, -0.25) is 9.69 Å². The van der Waals surface area contributed by atoms with E-state index in [1.165, 1.54) is 16.7 Å². The molecule has 2 aromatic carbocycles. The zero-order valence-electron chi connectivity index (χ0n) is 17.7. The van der Waals surface area contributed by atoms with Gasteiger partial charge >= 0.3 is 0 Å². The second kappa shape index (κ2) is 8.29. The molecule has 1 amide bonds. The number of nitriles is 1. The minimum absolute atomic E-state index is 0.0663. The van der Waals surface area contributed by atoms with E-state index in [0.29, 0.717) is 21.9 Å². The van der Waals surface area contributed by atoms with Gasteiger partial charge in [-0.25, -0.2) is 0 Å². The number of nitrogens with zero attached hydrogens (tertiary/aromatic N) is 2. The summed E-state index contributed by atoms with van der Waals surface area (Å²) < 4.78 is 11.0. The quantitative estimate of drug-likeness (QED) is 0.759. The number of allylic oxidation sites excluding steroid dienone is 1. The molecule has 2 aliphatic heterocycles. The fourth-order valence-corrected chi connectivity index (χ4v) is 5.41. The highest BCUT2D eigenvalue weighted by Gasteiger charge is 2.51. The lowest BCUT2D eigenvalue weighted by atomic mass is 9.85. The van der Waals surface area contributed by atoms with E-state index >= 15 is 0 Å². The second-order valence-corrected chi connectivity index (χ2v) is 8.85. The molecule has 1 saturated heterocycles. The Kier molecular flexibility index (Phi) is 5.69. The van der Waals surface area contributed by atoms with E-state index in [1.807, 2.05) is 38.1 Å². The summed E-state index contributed by atoms with van der Waals surface area (Å²) in [5.74, 6) is 1.03. The smallest absolute Gasteiger partial charge is 0.231 e. The maximum atomic E-state index is 13.2. The van der Waals surface area contributed by atoms with Crippen LogP contribution in [0.25, 0.3) is 0 Å². The van der Waals surface area contributed by atoms with E-state index in [-0.39, 0.29) is 30.1 Å². The van der Waals surface area contributed by atoms with Gasteiger partial charge < -0.3 is 14.6 Å². The molecule has 0 bridgehead atoms. The van der Waals surface area contributed by atoms with Crippen molar-refractivity contribution < 1.29 is 19.4 Å². The molecule has 2 aromatic rings. The third-order valence-electron chi connectivity index (χ3n) is 5.50. The number of rotatable bonds is 5. The van der Waals surface area contributed by atoms with Crippen LogP contribution in [0.1, 0.15) is 37.3 Å². The average molecular weight is 437 g/mol. The van der Waals surface area contributed by atoms with Gasteiger partial charge in [-0.1, -0.05) is 24.3 Å². The summed E-state index contributed by atoms with van der Waals surface area (Å²) in [6, 6.07) is 16.9. The van der Waals surface area contributed by atoms with Crippen molar-refractivity contribution in [3.8, 4) is 17.6 Å². The number of fused-ring (bicyclic) bond motifs is 1. The van der Waals surface area contributed by atoms with Crippen LogP contribution in [0.15, 0.2) is 59.1 Å². The molecule has 1 N–H and O–H groups in total. The van der Waals surface area contributed by atoms with Gasteiger partial charge in [0.15, 0.2) is 5.72 Å². The first kappa shape index (κ1) is 21.3. The summed E-state index contributed by atoms with van der Waals surface area (Å²) in [4.78, 5) is 14.6. The first-order chi connectivity index (χ1) is 14.9. The summed E-state index contributed by atoms with van der Waals surface area (Å²) in [6.07, 6.45) is 0.181. The molecule has 7 heteroatoms. The number of aliphatic hydroxyl groups is 1. The minimum Gasteiger partial charge on any atom is -0.497 e. The predicted molar refractivity (Wildman–Crippen MR) is 118 cm³/mol. The van der Waals surface area contributed by atoms with Gasteiger partial charge in [-0.2, -0.15) is 5.26 Å². The Morgan fingerprint density at radius 2 is 1.97 bits per heavy atom. The second-order valence-electron chi connectivity index (χ2n) is 7.89. The highest BCUT2D eigenvalue weighted by atomic mass is 32.2. The van der Waals surface area contributed by atoms with Crippen molar-refractivity contribution in [1.82, 2.24) is 4.90 Å². The zero-order chi connectivity index (χ0) is 22.2. The number of hydrogen-bond donors (Lipinski definition) is 1. The van der Waals surface area contributed by atoms with Gasteiger partial charge in [0.05, 0.1) is 35.6 Å². The highest BCUT2D eigenvalue weighted by Crippen LogP contribution is 2.52. The summed E-state index contributed by atoms with van der Waals surface area (Å²) in [7, 11) is 1.56. The van der Waals surface area contributed by atoms with Crippen LogP contribution < -0.4 is 9.47 Å². The maximum Gasteiger partial charge on any atom is 0.231 e. The monoisotopic (exact) mass is 436 g/mol. The molecule has 0 aliphatic carbocycles. The molecule has 0 spiro atoms. The number of thioether (sulfide) groups is 1. The van der Waals surface area contributed by atoms with Crippen LogP contribution >= 0.6 is 11.8 Å². The first-order valence-corrected chi connectivity index (χ1v) is 11.1. The zero-order valence-corrected chi connectivity index (χ0v) is 18.5. The molecule has 160 valence electrons. The molecule has 2 atom stereocenters. The van der Waals surface area contributed by atoms with Crippen molar-refractivity contribution >= 4 is 17.7 Å². The summed E-state index contributed by atoms with van der Waals surface area (Å²) in [5.41, 5.74) is 0.424. The van der Waals surface area contributed by atoms with Crippen molar-refractivity contribution in [1.29, 1.82) is 5.26 Å². The van der Waals surface area contributed by atoms with Gasteiger partial charge in [0, 0.05) is 17.9 Å². The molecule has 0 aromatic heterocycles. The van der Waals surface area contributed by atoms with E-state index in [2.05, 4.69) is 6.07 Å². The molecular formula is C24H24N2O4S. The molecule has 0 radical (unpaired) electrons. The Morgan fingerprint density at radius 3 is 2.61 bits per heavy atom. The van der Waals surface area contributed by atoms with Gasteiger partial charge in [0.25, 0.3) is 0 Å². The molecule has 31 heavy (non-hydrogen) atoms. The fraction of sp³-hybridized carbons (Fsp3) is 0.333. The molecule has 4 rings (SSSR count). The normalized spacial score (nSPS) is 23.0. The highest BCUT2D eigenvalue weighted by molar-refractivity contribution is 8.03. The summed E-state index contributed by atoms with van der Waals surface area (Å²) in [5, 5.41) is 22.0. The third-order valence-corrected chi connectivity index (χ3v) is 6.72. The van der Waals surface area contributed by atoms with Crippen molar-refractivity contribution in [2.45, 2.75) is 38.0 Å². The van der Waals surface area contributed by atoms with Gasteiger partial charge in [-0.05, 0) is 43.7 Å². The van der Waals surface area contributed by atoms with Gasteiger partial charge in [0.2, 0.25) is 5.91 Å². The lowest BCUT2D eigenvalue weighted by Crippen LogP contribution is -2.48. The van der Waals surface area contributed by atoms with Crippen LogP contribution in [-0.2, 0) is 10.5 Å². The molecule has 1 fully saturated rings. The summed E-state index contributed by atoms with van der Waals surface area (Å²) >= 11 is 1.33. The van der Waals surface area contributed by atoms with E-state index in [9.17, 15) is 15.2 Å². The Hall–Kier alpha value is -2.95. The third kappa shape index (κ3) is 3.78. The largest absolute Gasteiger partial charge is 0.497 e. The summed E-state index contributed by atoms with van der Waals surface area (Å²) in [6.45, 7) is 3.92. The molecule has 0 unspecified atom stereocenters. The Bertz CT molecular complexity index is 1070. The lowest BCUT2D eigenvalue weighted by Gasteiger charge is -2.38. The predicted octanol–water partition coefficient (Wildman–Crippen LogP) is 4.13. The standard InChI is InChI=1S/C24H24N2O4S/c1-15(2)30-18-9-7-16(8-10-18)20-12-22(27)26-23(21(20)13-25)31-14-24(26,28)17-5-4-6-19(11-17)29-3/h4-11,15,20,28H,12,14H2,1-3H3/t20-,24+/m0/s1. The van der Waals surface area contributed by atoms with E-state index in [1.54, 1.807) is 31.4 Å². The number of carbonyl (C=O) groups is 1. The van der Waals surface area contributed by atoms with Crippen LogP contribution in [0.5, 0.6) is 11.5 Å². The average Bonchev–Trinajstić information content (AvgIpc) is 3.13. The molecule has 2 heterocycles. The SMILES string of the molecule is COc1cccc([C@]2(O)CSC3=C(C#N)[C@H](c4ccc(OC(C)C)cc4)CC(=O)N32)c1. The van der Waals surface area contributed by atoms with Gasteiger partial charge in [0.1, 0.15) is 11.5 Å². The van der Waals surface area contributed by atoms with Crippen LogP contribution in [0, 0.1) is 11.3 Å². The Labute approximate surface area is 186 Å². The maximum absolute atomic E-state index is 13.2. The van der Waals surface area contributed by atoms with Crippen molar-refractivity contribution in [2.24, 2.45) is 0 Å². The number of benzene rings is 2. The Balaban J connectivity index is 1.71. The number of carbonyl (C=O) groups excluding carboxylic acids is 1. The van der Waals surface area contributed by atoms with E-state index < -0.39 is 5.72 Å². The first-order valence-electron chi connectivity index (χ1n) is 10.1. The molecular weight excluding hydrogens is 412 g/mol. The van der Waals surface area contributed by atoms with Gasteiger partial charge in [-0.15, -0.1) is 11.8 Å². The lowest BCUT2D eigenvalue weighted by molar-refractivity contribution is -0.149. The van der Waals surface area contributed by atoms with Crippen molar-refractivity contribution in [2.75, 3.05) is 12.9 Å². The van der Waals surface area contributed by atoms with Crippen LogP contribution in [0.3, 0.4) is 0 Å². The van der Waals surface area contributed by atoms with Crippen molar-refractivity contribution in [3.05, 3.63) is 70.3 Å². The molecule has 0 saturated carbocycles. The van der Waals surface area contributed by atoms with E-state index in [0.717, 1.165) is 11.3 Å².